The molecule has 0 radical (unpaired) electrons. The fourth-order valence-electron chi connectivity index (χ4n) is 7.19. The summed E-state index contributed by atoms with van der Waals surface area (Å²) >= 11 is 6.37. The molecule has 0 unspecified atom stereocenters. The van der Waals surface area contributed by atoms with Gasteiger partial charge < -0.3 is 16.0 Å². The molecule has 0 atom stereocenters. The third kappa shape index (κ3) is 8.25. The van der Waals surface area contributed by atoms with Gasteiger partial charge in [0.05, 0.1) is 21.5 Å². The van der Waals surface area contributed by atoms with Crippen LogP contribution in [-0.2, 0) is 0 Å². The Morgan fingerprint density at radius 3 is 1.42 bits per heavy atom. The Bertz CT molecular complexity index is 3080. The highest BCUT2D eigenvalue weighted by atomic mass is 35.5. The molecule has 0 fully saturated rings. The van der Waals surface area contributed by atoms with Gasteiger partial charge in [-0.2, -0.15) is 0 Å². The average Bonchev–Trinajstić information content (AvgIpc) is 3.25. The molecule has 4 heterocycles. The average molecular weight is 808 g/mol. The van der Waals surface area contributed by atoms with Gasteiger partial charge in [0.2, 0.25) is 0 Å². The summed E-state index contributed by atoms with van der Waals surface area (Å²) in [7, 11) is 0. The number of halogens is 1. The van der Waals surface area contributed by atoms with Gasteiger partial charge in [0.15, 0.2) is 22.2 Å². The van der Waals surface area contributed by atoms with Gasteiger partial charge in [-0.1, -0.05) is 102 Å². The molecule has 0 amide bonds. The number of hydrogen-bond acceptors (Lipinski definition) is 7. The minimum absolute atomic E-state index is 0.0671. The molecule has 0 saturated carbocycles. The second-order valence-electron chi connectivity index (χ2n) is 14.5. The number of fused-ring (bicyclic) bond motifs is 2. The summed E-state index contributed by atoms with van der Waals surface area (Å²) < 4.78 is 3.96. The predicted molar refractivity (Wildman–Crippen MR) is 248 cm³/mol. The summed E-state index contributed by atoms with van der Waals surface area (Å²) in [6.07, 6.45) is 0. The molecule has 5 aromatic carbocycles. The Kier molecular flexibility index (Phi) is 11.3. The van der Waals surface area contributed by atoms with Crippen molar-refractivity contribution >= 4 is 68.2 Å². The van der Waals surface area contributed by atoms with E-state index in [-0.39, 0.29) is 10.9 Å². The van der Waals surface area contributed by atoms with Crippen molar-refractivity contribution in [2.45, 2.75) is 27.7 Å². The van der Waals surface area contributed by atoms with Gasteiger partial charge in [-0.15, -0.1) is 0 Å². The Labute approximate surface area is 352 Å². The first kappa shape index (κ1) is 39.3. The van der Waals surface area contributed by atoms with Gasteiger partial charge in [0.1, 0.15) is 17.5 Å². The van der Waals surface area contributed by atoms with Crippen LogP contribution in [0.3, 0.4) is 0 Å². The molecular formula is C50H42ClN7O2. The highest BCUT2D eigenvalue weighted by molar-refractivity contribution is 6.32. The fraction of sp³-hybridized carbons (Fsp3) is 0.0800. The first-order chi connectivity index (χ1) is 29.1. The highest BCUT2D eigenvalue weighted by Crippen LogP contribution is 2.31. The van der Waals surface area contributed by atoms with Gasteiger partial charge in [0, 0.05) is 40.6 Å². The van der Waals surface area contributed by atoms with Crippen molar-refractivity contribution in [3.05, 3.63) is 212 Å². The molecule has 0 saturated heterocycles. The molecule has 0 spiro atoms. The maximum Gasteiger partial charge on any atom is 0.193 e. The van der Waals surface area contributed by atoms with Crippen LogP contribution in [0.1, 0.15) is 22.4 Å². The topological polar surface area (TPSA) is 106 Å². The highest BCUT2D eigenvalue weighted by Gasteiger charge is 2.18. The maximum absolute atomic E-state index is 13.2. The Balaban J connectivity index is 0.000000170. The zero-order valence-electron chi connectivity index (χ0n) is 33.6. The zero-order chi connectivity index (χ0) is 41.8. The van der Waals surface area contributed by atoms with E-state index >= 15 is 0 Å². The van der Waals surface area contributed by atoms with Crippen LogP contribution in [0.5, 0.6) is 0 Å². The molecule has 9 rings (SSSR count). The van der Waals surface area contributed by atoms with Crippen LogP contribution in [0.2, 0.25) is 5.02 Å². The number of anilines is 6. The van der Waals surface area contributed by atoms with Crippen molar-refractivity contribution in [1.82, 2.24) is 19.1 Å². The van der Waals surface area contributed by atoms with Crippen molar-refractivity contribution < 1.29 is 0 Å². The molecule has 0 aliphatic rings. The molecule has 296 valence electrons. The van der Waals surface area contributed by atoms with Crippen molar-refractivity contribution in [3.63, 3.8) is 0 Å². The van der Waals surface area contributed by atoms with E-state index in [0.29, 0.717) is 50.2 Å². The Morgan fingerprint density at radius 1 is 0.483 bits per heavy atom. The van der Waals surface area contributed by atoms with Crippen molar-refractivity contribution in [2.75, 3.05) is 16.0 Å². The summed E-state index contributed by atoms with van der Waals surface area (Å²) in [5, 5.41) is 11.8. The van der Waals surface area contributed by atoms with Gasteiger partial charge in [-0.3, -0.25) is 18.7 Å². The van der Waals surface area contributed by atoms with Gasteiger partial charge >= 0.3 is 0 Å². The Hall–Kier alpha value is -7.49. The normalized spacial score (nSPS) is 10.9. The lowest BCUT2D eigenvalue weighted by Crippen LogP contribution is -2.15. The zero-order valence-corrected chi connectivity index (χ0v) is 34.3. The van der Waals surface area contributed by atoms with Crippen LogP contribution in [0.4, 0.5) is 34.5 Å². The molecule has 9 aromatic rings. The largest absolute Gasteiger partial charge is 0.341 e. The quantitative estimate of drug-likeness (QED) is 0.140. The van der Waals surface area contributed by atoms with E-state index < -0.39 is 0 Å². The summed E-state index contributed by atoms with van der Waals surface area (Å²) in [6, 6.07) is 52.7. The molecule has 0 aliphatic carbocycles. The molecule has 0 aliphatic heterocycles. The SMILES string of the molecule is Cc1ccc(Nc2cc(C)c3c(=O)cc(Nc4ccccc4)n(-c4ccccc4)c3n2)cc1.Cc1nc2c(c(C)c1Cl)c(=O)cc(Nc1ccccc1)n2-c1ccccc1. The number of aryl methyl sites for hydroxylation is 4. The number of aromatic nitrogens is 4. The van der Waals surface area contributed by atoms with Crippen LogP contribution >= 0.6 is 11.6 Å². The number of benzene rings is 5. The van der Waals surface area contributed by atoms with Crippen molar-refractivity contribution in [3.8, 4) is 11.4 Å². The van der Waals surface area contributed by atoms with E-state index in [2.05, 4.69) is 40.0 Å². The first-order valence-corrected chi connectivity index (χ1v) is 19.9. The van der Waals surface area contributed by atoms with Gasteiger partial charge in [-0.25, -0.2) is 9.97 Å². The van der Waals surface area contributed by atoms with Crippen LogP contribution in [0.25, 0.3) is 33.4 Å². The standard InChI is InChI=1S/C28H24N4O.C22H18ClN3O/c1-19-13-15-22(16-14-19)29-25-17-20(2)27-24(33)18-26(30-21-9-5-3-6-10-21)32(28(27)31-25)23-11-7-4-8-12-23;1-14-20-18(27)13-19(25-16-9-5-3-6-10-16)26(17-11-7-4-8-12-17)22(20)24-15(2)21(14)23/h3-18,30H,1-2H3,(H,29,31);3-13,25H,1-2H3. The van der Waals surface area contributed by atoms with Crippen LogP contribution in [0.15, 0.2) is 173 Å². The van der Waals surface area contributed by atoms with E-state index in [0.717, 1.165) is 39.6 Å². The summed E-state index contributed by atoms with van der Waals surface area (Å²) in [4.78, 5) is 35.7. The number of nitrogens with one attached hydrogen (secondary N) is 3. The molecular weight excluding hydrogens is 766 g/mol. The van der Waals surface area contributed by atoms with Gasteiger partial charge in [-0.05, 0) is 106 Å². The third-order valence-electron chi connectivity index (χ3n) is 10.1. The monoisotopic (exact) mass is 807 g/mol. The van der Waals surface area contributed by atoms with E-state index in [1.165, 1.54) is 5.56 Å². The van der Waals surface area contributed by atoms with Crippen LogP contribution < -0.4 is 26.8 Å². The minimum atomic E-state index is -0.109. The van der Waals surface area contributed by atoms with Crippen LogP contribution in [0, 0.1) is 27.7 Å². The van der Waals surface area contributed by atoms with E-state index in [1.54, 1.807) is 12.1 Å². The molecule has 9 nitrogen and oxygen atoms in total. The predicted octanol–water partition coefficient (Wildman–Crippen LogP) is 11.9. The number of para-hydroxylation sites is 4. The number of rotatable bonds is 8. The summed E-state index contributed by atoms with van der Waals surface area (Å²) in [5.41, 5.74) is 9.08. The maximum atomic E-state index is 13.2. The first-order valence-electron chi connectivity index (χ1n) is 19.5. The van der Waals surface area contributed by atoms with Crippen molar-refractivity contribution in [1.29, 1.82) is 0 Å². The lowest BCUT2D eigenvalue weighted by Gasteiger charge is -2.19. The lowest BCUT2D eigenvalue weighted by atomic mass is 10.1. The summed E-state index contributed by atoms with van der Waals surface area (Å²) in [6.45, 7) is 7.72. The Morgan fingerprint density at radius 2 is 0.917 bits per heavy atom. The molecule has 4 aromatic heterocycles. The minimum Gasteiger partial charge on any atom is -0.341 e. The third-order valence-corrected chi connectivity index (χ3v) is 10.7. The summed E-state index contributed by atoms with van der Waals surface area (Å²) in [5.74, 6) is 1.99. The van der Waals surface area contributed by atoms with E-state index in [9.17, 15) is 9.59 Å². The van der Waals surface area contributed by atoms with E-state index in [1.807, 2.05) is 169 Å². The number of pyridine rings is 4. The van der Waals surface area contributed by atoms with Gasteiger partial charge in [0.25, 0.3) is 0 Å². The molecule has 3 N–H and O–H groups in total. The second kappa shape index (κ2) is 17.2. The number of hydrogen-bond donors (Lipinski definition) is 3. The van der Waals surface area contributed by atoms with Crippen LogP contribution in [-0.4, -0.2) is 19.1 Å². The molecule has 10 heteroatoms. The van der Waals surface area contributed by atoms with Crippen molar-refractivity contribution in [2.24, 2.45) is 0 Å². The molecule has 0 bridgehead atoms. The fourth-order valence-corrected chi connectivity index (χ4v) is 7.33. The molecule has 60 heavy (non-hydrogen) atoms. The second-order valence-corrected chi connectivity index (χ2v) is 14.8. The smallest absolute Gasteiger partial charge is 0.193 e. The van der Waals surface area contributed by atoms with E-state index in [4.69, 9.17) is 16.6 Å². The lowest BCUT2D eigenvalue weighted by molar-refractivity contribution is 1.05. The number of nitrogens with zero attached hydrogens (tertiary/aromatic N) is 4.